The molecule has 2 aromatic rings. The fraction of sp³-hybridized carbons (Fsp3) is 0.360. The van der Waals surface area contributed by atoms with E-state index in [9.17, 15) is 14.0 Å². The third-order valence-corrected chi connectivity index (χ3v) is 6.05. The summed E-state index contributed by atoms with van der Waals surface area (Å²) >= 11 is 0. The number of para-hydroxylation sites is 1. The van der Waals surface area contributed by atoms with Gasteiger partial charge in [-0.1, -0.05) is 32.0 Å². The Morgan fingerprint density at radius 2 is 1.77 bits per heavy atom. The van der Waals surface area contributed by atoms with Crippen LogP contribution in [0.2, 0.25) is 0 Å². The van der Waals surface area contributed by atoms with Crippen molar-refractivity contribution in [3.05, 3.63) is 65.1 Å². The molecule has 0 aromatic heterocycles. The quantitative estimate of drug-likeness (QED) is 0.694. The number of Topliss-reactive ketones (excluding diaryl/α,β-unsaturated/α-hetero) is 1. The summed E-state index contributed by atoms with van der Waals surface area (Å²) in [6.45, 7) is 3.99. The molecule has 6 heteroatoms. The van der Waals surface area contributed by atoms with Gasteiger partial charge in [-0.15, -0.1) is 0 Å². The highest BCUT2D eigenvalue weighted by molar-refractivity contribution is 6.08. The molecule has 1 aliphatic carbocycles. The van der Waals surface area contributed by atoms with E-state index in [1.165, 1.54) is 11.0 Å². The minimum Gasteiger partial charge on any atom is -0.497 e. The van der Waals surface area contributed by atoms with Crippen molar-refractivity contribution in [3.8, 4) is 11.5 Å². The molecule has 0 saturated carbocycles. The Balaban J connectivity index is 1.93. The maximum absolute atomic E-state index is 14.7. The predicted molar refractivity (Wildman–Crippen MR) is 116 cm³/mol. The third-order valence-electron chi connectivity index (χ3n) is 6.05. The second-order valence-corrected chi connectivity index (χ2v) is 8.85. The summed E-state index contributed by atoms with van der Waals surface area (Å²) in [6, 6.07) is 11.6. The lowest BCUT2D eigenvalue weighted by molar-refractivity contribution is -0.121. The molecule has 1 atom stereocenters. The van der Waals surface area contributed by atoms with Crippen LogP contribution in [0.15, 0.2) is 53.7 Å². The largest absolute Gasteiger partial charge is 0.497 e. The molecule has 0 fully saturated rings. The lowest BCUT2D eigenvalue weighted by atomic mass is 9.69. The molecule has 0 unspecified atom stereocenters. The zero-order chi connectivity index (χ0) is 22.3. The van der Waals surface area contributed by atoms with Gasteiger partial charge in [0.1, 0.15) is 17.3 Å². The number of carbonyl (C=O) groups is 2. The molecule has 2 aromatic carbocycles. The Hall–Kier alpha value is -3.15. The van der Waals surface area contributed by atoms with E-state index in [1.807, 2.05) is 19.9 Å². The molecule has 0 N–H and O–H groups in total. The molecule has 0 spiro atoms. The molecule has 0 radical (unpaired) electrons. The molecule has 1 heterocycles. The number of rotatable bonds is 4. The third kappa shape index (κ3) is 3.71. The molecule has 5 nitrogen and oxygen atoms in total. The van der Waals surface area contributed by atoms with Crippen LogP contribution in [0.3, 0.4) is 0 Å². The molecule has 2 aliphatic rings. The van der Waals surface area contributed by atoms with E-state index in [1.54, 1.807) is 44.6 Å². The van der Waals surface area contributed by atoms with E-state index in [0.717, 1.165) is 5.56 Å². The van der Waals surface area contributed by atoms with Crippen molar-refractivity contribution in [3.63, 3.8) is 0 Å². The van der Waals surface area contributed by atoms with Gasteiger partial charge in [0.05, 0.1) is 19.9 Å². The first-order chi connectivity index (χ1) is 14.8. The zero-order valence-corrected chi connectivity index (χ0v) is 18.2. The molecular weight excluding hydrogens is 397 g/mol. The maximum atomic E-state index is 14.7. The number of carbonyl (C=O) groups excluding carboxylic acids is 2. The molecule has 0 saturated heterocycles. The molecular formula is C25H26FNO4. The molecule has 31 heavy (non-hydrogen) atoms. The number of ether oxygens (including phenoxy) is 2. The van der Waals surface area contributed by atoms with Gasteiger partial charge in [-0.25, -0.2) is 4.39 Å². The van der Waals surface area contributed by atoms with Crippen LogP contribution in [0, 0.1) is 11.2 Å². The predicted octanol–water partition coefficient (Wildman–Crippen LogP) is 5.01. The average molecular weight is 423 g/mol. The first kappa shape index (κ1) is 21.1. The molecule has 1 amide bonds. The lowest BCUT2D eigenvalue weighted by Gasteiger charge is -2.43. The standard InChI is InChI=1S/C25H26FNO4/c1-25(2)13-20-24(21(28)14-25)17(16-10-9-15(30-3)11-22(16)31-4)12-23(29)27(20)19-8-6-5-7-18(19)26/h5-11,17H,12-14H2,1-4H3/t17-/m0/s1. The van der Waals surface area contributed by atoms with Crippen molar-refractivity contribution in [2.75, 3.05) is 19.1 Å². The molecule has 4 rings (SSSR count). The normalized spacial score (nSPS) is 20.5. The van der Waals surface area contributed by atoms with E-state index in [4.69, 9.17) is 9.47 Å². The summed E-state index contributed by atoms with van der Waals surface area (Å²) in [6.07, 6.45) is 0.936. The summed E-state index contributed by atoms with van der Waals surface area (Å²) in [5.41, 5.74) is 1.78. The van der Waals surface area contributed by atoms with Gasteiger partial charge < -0.3 is 9.47 Å². The summed E-state index contributed by atoms with van der Waals surface area (Å²) in [4.78, 5) is 28.2. The number of amides is 1. The Morgan fingerprint density at radius 1 is 1.03 bits per heavy atom. The Bertz CT molecular complexity index is 1090. The number of hydrogen-bond acceptors (Lipinski definition) is 4. The van der Waals surface area contributed by atoms with Crippen LogP contribution >= 0.6 is 0 Å². The molecule has 1 aliphatic heterocycles. The van der Waals surface area contributed by atoms with Gasteiger partial charge in [0.25, 0.3) is 0 Å². The molecule has 0 bridgehead atoms. The summed E-state index contributed by atoms with van der Waals surface area (Å²) in [5, 5.41) is 0. The number of nitrogens with zero attached hydrogens (tertiary/aromatic N) is 1. The second-order valence-electron chi connectivity index (χ2n) is 8.85. The molecule has 162 valence electrons. The van der Waals surface area contributed by atoms with Gasteiger partial charge >= 0.3 is 0 Å². The minimum absolute atomic E-state index is 0.0111. The van der Waals surface area contributed by atoms with E-state index in [0.29, 0.717) is 35.6 Å². The topological polar surface area (TPSA) is 55.8 Å². The number of halogens is 1. The van der Waals surface area contributed by atoms with Gasteiger partial charge in [-0.05, 0) is 30.0 Å². The van der Waals surface area contributed by atoms with Gasteiger partial charge in [-0.3, -0.25) is 14.5 Å². The van der Waals surface area contributed by atoms with Crippen LogP contribution in [0.4, 0.5) is 10.1 Å². The van der Waals surface area contributed by atoms with Gasteiger partial charge in [-0.2, -0.15) is 0 Å². The van der Waals surface area contributed by atoms with Crippen molar-refractivity contribution in [1.29, 1.82) is 0 Å². The van der Waals surface area contributed by atoms with Crippen LogP contribution in [0.1, 0.15) is 44.6 Å². The number of anilines is 1. The van der Waals surface area contributed by atoms with Crippen molar-refractivity contribution in [2.45, 2.75) is 39.0 Å². The monoisotopic (exact) mass is 423 g/mol. The Kier molecular flexibility index (Phi) is 5.33. The fourth-order valence-corrected chi connectivity index (χ4v) is 4.70. The fourth-order valence-electron chi connectivity index (χ4n) is 4.70. The number of allylic oxidation sites excluding steroid dienone is 2. The van der Waals surface area contributed by atoms with E-state index in [-0.39, 0.29) is 29.2 Å². The van der Waals surface area contributed by atoms with Crippen LogP contribution in [0.25, 0.3) is 0 Å². The van der Waals surface area contributed by atoms with Crippen molar-refractivity contribution >= 4 is 17.4 Å². The highest BCUT2D eigenvalue weighted by Crippen LogP contribution is 2.50. The van der Waals surface area contributed by atoms with Crippen LogP contribution < -0.4 is 14.4 Å². The zero-order valence-electron chi connectivity index (χ0n) is 18.2. The SMILES string of the molecule is COc1ccc([C@@H]2CC(=O)N(c3ccccc3F)C3=C2C(=O)CC(C)(C)C3)c(OC)c1. The summed E-state index contributed by atoms with van der Waals surface area (Å²) in [7, 11) is 3.12. The Labute approximate surface area is 181 Å². The van der Waals surface area contributed by atoms with Gasteiger partial charge in [0, 0.05) is 41.7 Å². The van der Waals surface area contributed by atoms with Crippen LogP contribution in [-0.4, -0.2) is 25.9 Å². The van der Waals surface area contributed by atoms with Crippen LogP contribution in [0.5, 0.6) is 11.5 Å². The van der Waals surface area contributed by atoms with E-state index >= 15 is 0 Å². The van der Waals surface area contributed by atoms with Crippen LogP contribution in [-0.2, 0) is 9.59 Å². The number of ketones is 1. The number of hydrogen-bond donors (Lipinski definition) is 0. The first-order valence-electron chi connectivity index (χ1n) is 10.3. The van der Waals surface area contributed by atoms with Crippen molar-refractivity contribution in [2.24, 2.45) is 5.41 Å². The van der Waals surface area contributed by atoms with Crippen molar-refractivity contribution < 1.29 is 23.5 Å². The summed E-state index contributed by atoms with van der Waals surface area (Å²) < 4.78 is 25.5. The Morgan fingerprint density at radius 3 is 2.45 bits per heavy atom. The highest BCUT2D eigenvalue weighted by Gasteiger charge is 2.45. The van der Waals surface area contributed by atoms with Gasteiger partial charge in [0.15, 0.2) is 5.78 Å². The maximum Gasteiger partial charge on any atom is 0.232 e. The number of benzene rings is 2. The minimum atomic E-state index is -0.487. The highest BCUT2D eigenvalue weighted by atomic mass is 19.1. The second kappa shape index (κ2) is 7.84. The summed E-state index contributed by atoms with van der Waals surface area (Å²) in [5.74, 6) is -0.00355. The number of methoxy groups -OCH3 is 2. The average Bonchev–Trinajstić information content (AvgIpc) is 2.72. The van der Waals surface area contributed by atoms with E-state index in [2.05, 4.69) is 0 Å². The van der Waals surface area contributed by atoms with Gasteiger partial charge in [0.2, 0.25) is 5.91 Å². The van der Waals surface area contributed by atoms with E-state index < -0.39 is 11.7 Å². The smallest absolute Gasteiger partial charge is 0.232 e. The van der Waals surface area contributed by atoms with Crippen molar-refractivity contribution in [1.82, 2.24) is 0 Å². The first-order valence-corrected chi connectivity index (χ1v) is 10.3. The lowest BCUT2D eigenvalue weighted by Crippen LogP contribution is -2.44.